The Bertz CT molecular complexity index is 1340. The van der Waals surface area contributed by atoms with E-state index in [1.807, 2.05) is 13.8 Å². The van der Waals surface area contributed by atoms with Crippen molar-refractivity contribution >= 4 is 22.8 Å². The molecule has 0 unspecified atom stereocenters. The number of imidazole rings is 1. The molecule has 0 bridgehead atoms. The van der Waals surface area contributed by atoms with Gasteiger partial charge < -0.3 is 9.30 Å². The first-order valence-corrected chi connectivity index (χ1v) is 9.72. The van der Waals surface area contributed by atoms with E-state index in [0.29, 0.717) is 41.3 Å². The van der Waals surface area contributed by atoms with Gasteiger partial charge in [-0.25, -0.2) is 14.6 Å². The van der Waals surface area contributed by atoms with Crippen LogP contribution in [0.5, 0.6) is 0 Å². The normalized spacial score (nSPS) is 11.4. The summed E-state index contributed by atoms with van der Waals surface area (Å²) >= 11 is 0. The molecule has 11 nitrogen and oxygen atoms in total. The fraction of sp³-hybridized carbons (Fsp3) is 0.368. The number of hydrogen-bond donors (Lipinski definition) is 1. The van der Waals surface area contributed by atoms with Crippen LogP contribution >= 0.6 is 0 Å². The van der Waals surface area contributed by atoms with E-state index in [4.69, 9.17) is 4.74 Å². The zero-order chi connectivity index (χ0) is 21.3. The van der Waals surface area contributed by atoms with Gasteiger partial charge in [-0.15, -0.1) is 10.2 Å². The van der Waals surface area contributed by atoms with E-state index in [1.54, 1.807) is 27.3 Å². The summed E-state index contributed by atoms with van der Waals surface area (Å²) in [5, 5.41) is 7.67. The Balaban J connectivity index is 1.66. The van der Waals surface area contributed by atoms with Crippen LogP contribution in [0.4, 0.5) is 0 Å². The fourth-order valence-corrected chi connectivity index (χ4v) is 3.35. The molecular formula is C19H21N7O4. The average Bonchev–Trinajstić information content (AvgIpc) is 3.35. The number of aromatic amines is 1. The van der Waals surface area contributed by atoms with Crippen LogP contribution in [0.15, 0.2) is 34.2 Å². The number of aromatic nitrogens is 7. The maximum absolute atomic E-state index is 12.5. The predicted molar refractivity (Wildman–Crippen MR) is 107 cm³/mol. The summed E-state index contributed by atoms with van der Waals surface area (Å²) in [5.74, 6) is -0.148. The molecule has 30 heavy (non-hydrogen) atoms. The van der Waals surface area contributed by atoms with Crippen molar-refractivity contribution < 1.29 is 9.53 Å². The number of esters is 1. The Kier molecular flexibility index (Phi) is 5.17. The van der Waals surface area contributed by atoms with Gasteiger partial charge in [0, 0.05) is 19.3 Å². The van der Waals surface area contributed by atoms with Crippen molar-refractivity contribution in [3.05, 3.63) is 56.9 Å². The standard InChI is InChI=1S/C19H21N7O4/c1-3-5-8-26-16-15(17(27)22-19(26)29)25(4-2)14(21-16)10-30-18(28)12-6-7-13-23-20-11-24(13)9-12/h6-7,9,11H,3-5,8,10H2,1-2H3,(H,22,27,29). The Morgan fingerprint density at radius 3 is 2.80 bits per heavy atom. The number of carbonyl (C=O) groups is 1. The Labute approximate surface area is 170 Å². The molecule has 0 aliphatic heterocycles. The molecule has 0 aliphatic carbocycles. The number of H-pyrrole nitrogens is 1. The van der Waals surface area contributed by atoms with E-state index in [-0.39, 0.29) is 6.61 Å². The summed E-state index contributed by atoms with van der Waals surface area (Å²) in [6.45, 7) is 4.61. The topological polar surface area (TPSA) is 129 Å². The van der Waals surface area contributed by atoms with Crippen molar-refractivity contribution in [2.75, 3.05) is 0 Å². The summed E-state index contributed by atoms with van der Waals surface area (Å²) in [7, 11) is 0. The maximum atomic E-state index is 12.5. The molecule has 4 aromatic rings. The van der Waals surface area contributed by atoms with Gasteiger partial charge in [0.05, 0.1) is 5.56 Å². The van der Waals surface area contributed by atoms with Crippen LogP contribution in [-0.4, -0.2) is 39.7 Å². The van der Waals surface area contributed by atoms with Gasteiger partial charge in [-0.05, 0) is 25.5 Å². The molecule has 0 aromatic carbocycles. The van der Waals surface area contributed by atoms with Crippen molar-refractivity contribution in [2.45, 2.75) is 46.4 Å². The summed E-state index contributed by atoms with van der Waals surface area (Å²) in [5.41, 5.74) is 0.546. The summed E-state index contributed by atoms with van der Waals surface area (Å²) < 4.78 is 10.2. The van der Waals surface area contributed by atoms with Gasteiger partial charge in [0.15, 0.2) is 16.8 Å². The molecule has 11 heteroatoms. The van der Waals surface area contributed by atoms with Gasteiger partial charge in [0.2, 0.25) is 0 Å². The van der Waals surface area contributed by atoms with Crippen LogP contribution in [0, 0.1) is 0 Å². The molecule has 0 amide bonds. The first kappa shape index (κ1) is 19.6. The van der Waals surface area contributed by atoms with E-state index in [1.165, 1.54) is 10.9 Å². The number of carbonyl (C=O) groups excluding carboxylic acids is 1. The molecule has 0 atom stereocenters. The van der Waals surface area contributed by atoms with Gasteiger partial charge in [-0.1, -0.05) is 13.3 Å². The lowest BCUT2D eigenvalue weighted by Gasteiger charge is -2.07. The molecule has 0 aliphatic rings. The van der Waals surface area contributed by atoms with Crippen LogP contribution in [0.25, 0.3) is 16.8 Å². The summed E-state index contributed by atoms with van der Waals surface area (Å²) in [6, 6.07) is 3.26. The van der Waals surface area contributed by atoms with Crippen LogP contribution in [-0.2, 0) is 24.4 Å². The number of rotatable bonds is 7. The van der Waals surface area contributed by atoms with Crippen molar-refractivity contribution in [1.82, 2.24) is 33.7 Å². The number of unbranched alkanes of at least 4 members (excludes halogenated alkanes) is 1. The zero-order valence-electron chi connectivity index (χ0n) is 16.7. The minimum absolute atomic E-state index is 0.136. The van der Waals surface area contributed by atoms with Crippen LogP contribution in [0.1, 0.15) is 42.9 Å². The highest BCUT2D eigenvalue weighted by molar-refractivity contribution is 5.89. The highest BCUT2D eigenvalue weighted by atomic mass is 16.5. The third-order valence-corrected chi connectivity index (χ3v) is 4.88. The number of pyridine rings is 1. The van der Waals surface area contributed by atoms with Gasteiger partial charge >= 0.3 is 11.7 Å². The van der Waals surface area contributed by atoms with Gasteiger partial charge in [-0.2, -0.15) is 0 Å². The predicted octanol–water partition coefficient (Wildman–Crippen LogP) is 1.11. The Morgan fingerprint density at radius 2 is 2.03 bits per heavy atom. The number of aryl methyl sites for hydroxylation is 2. The molecule has 1 N–H and O–H groups in total. The molecule has 4 rings (SSSR count). The lowest BCUT2D eigenvalue weighted by molar-refractivity contribution is 0.0458. The van der Waals surface area contributed by atoms with Crippen molar-refractivity contribution in [2.24, 2.45) is 0 Å². The summed E-state index contributed by atoms with van der Waals surface area (Å²) in [6.07, 6.45) is 4.73. The number of nitrogens with zero attached hydrogens (tertiary/aromatic N) is 6. The highest BCUT2D eigenvalue weighted by Crippen LogP contribution is 2.14. The second-order valence-corrected chi connectivity index (χ2v) is 6.80. The number of hydrogen-bond acceptors (Lipinski definition) is 7. The number of ether oxygens (including phenoxy) is 1. The van der Waals surface area contributed by atoms with E-state index >= 15 is 0 Å². The van der Waals surface area contributed by atoms with Gasteiger partial charge in [0.25, 0.3) is 5.56 Å². The fourth-order valence-electron chi connectivity index (χ4n) is 3.35. The first-order chi connectivity index (χ1) is 14.5. The first-order valence-electron chi connectivity index (χ1n) is 9.72. The Morgan fingerprint density at radius 1 is 1.20 bits per heavy atom. The van der Waals surface area contributed by atoms with Crippen molar-refractivity contribution in [3.63, 3.8) is 0 Å². The lowest BCUT2D eigenvalue weighted by Crippen LogP contribution is -2.31. The minimum Gasteiger partial charge on any atom is -0.454 e. The molecule has 0 spiro atoms. The van der Waals surface area contributed by atoms with E-state index < -0.39 is 17.2 Å². The van der Waals surface area contributed by atoms with Crippen molar-refractivity contribution in [1.29, 1.82) is 0 Å². The lowest BCUT2D eigenvalue weighted by atomic mass is 10.3. The molecule has 0 fully saturated rings. The van der Waals surface area contributed by atoms with Gasteiger partial charge in [0.1, 0.15) is 18.8 Å². The largest absolute Gasteiger partial charge is 0.454 e. The van der Waals surface area contributed by atoms with E-state index in [9.17, 15) is 14.4 Å². The quantitative estimate of drug-likeness (QED) is 0.451. The second-order valence-electron chi connectivity index (χ2n) is 6.80. The van der Waals surface area contributed by atoms with Crippen molar-refractivity contribution in [3.8, 4) is 0 Å². The summed E-state index contributed by atoms with van der Waals surface area (Å²) in [4.78, 5) is 44.0. The third kappa shape index (κ3) is 3.38. The molecule has 0 radical (unpaired) electrons. The minimum atomic E-state index is -0.544. The zero-order valence-corrected chi connectivity index (χ0v) is 16.7. The van der Waals surface area contributed by atoms with Crippen LogP contribution in [0.3, 0.4) is 0 Å². The Hall–Kier alpha value is -3.76. The molecule has 4 aromatic heterocycles. The van der Waals surface area contributed by atoms with Gasteiger partial charge in [-0.3, -0.25) is 18.7 Å². The smallest absolute Gasteiger partial charge is 0.340 e. The SMILES string of the molecule is CCCCn1c(=O)[nH]c(=O)c2c1nc(COC(=O)c1ccc3nncn3c1)n2CC. The van der Waals surface area contributed by atoms with E-state index in [2.05, 4.69) is 20.2 Å². The maximum Gasteiger partial charge on any atom is 0.340 e. The number of nitrogens with one attached hydrogen (secondary N) is 1. The molecule has 0 saturated heterocycles. The molecule has 4 heterocycles. The molecule has 156 valence electrons. The average molecular weight is 411 g/mol. The number of fused-ring (bicyclic) bond motifs is 2. The molecular weight excluding hydrogens is 390 g/mol. The third-order valence-electron chi connectivity index (χ3n) is 4.88. The van der Waals surface area contributed by atoms with Crippen LogP contribution < -0.4 is 11.2 Å². The highest BCUT2D eigenvalue weighted by Gasteiger charge is 2.19. The second kappa shape index (κ2) is 7.93. The van der Waals surface area contributed by atoms with E-state index in [0.717, 1.165) is 12.8 Å². The monoisotopic (exact) mass is 411 g/mol. The molecule has 0 saturated carbocycles. The van der Waals surface area contributed by atoms with Crippen LogP contribution in [0.2, 0.25) is 0 Å².